The lowest BCUT2D eigenvalue weighted by molar-refractivity contribution is -0.141. The van der Waals surface area contributed by atoms with Crippen molar-refractivity contribution >= 4 is 17.9 Å². The predicted molar refractivity (Wildman–Crippen MR) is 92.7 cm³/mol. The summed E-state index contributed by atoms with van der Waals surface area (Å²) < 4.78 is 5.12. The molecule has 2 atom stereocenters. The van der Waals surface area contributed by atoms with E-state index in [4.69, 9.17) is 9.84 Å². The summed E-state index contributed by atoms with van der Waals surface area (Å²) in [6.07, 6.45) is 1.00. The lowest BCUT2D eigenvalue weighted by Crippen LogP contribution is -2.47. The number of carboxylic acids is 1. The number of urea groups is 1. The van der Waals surface area contributed by atoms with Crippen LogP contribution in [0, 0.1) is 5.92 Å². The molecule has 0 aromatic heterocycles. The molecule has 1 aromatic rings. The normalized spacial score (nSPS) is 22.6. The molecule has 0 radical (unpaired) electrons. The van der Waals surface area contributed by atoms with Crippen molar-refractivity contribution in [3.05, 3.63) is 29.8 Å². The van der Waals surface area contributed by atoms with E-state index < -0.39 is 17.9 Å². The molecule has 3 amide bonds. The average molecular weight is 361 g/mol. The Bertz CT molecular complexity index is 691. The van der Waals surface area contributed by atoms with Gasteiger partial charge in [0.1, 0.15) is 11.8 Å². The highest BCUT2D eigenvalue weighted by atomic mass is 16.5. The molecule has 2 N–H and O–H groups in total. The number of nitrogens with zero attached hydrogens (tertiary/aromatic N) is 2. The van der Waals surface area contributed by atoms with Crippen LogP contribution in [0.1, 0.15) is 18.4 Å². The summed E-state index contributed by atoms with van der Waals surface area (Å²) in [5.74, 6) is -0.755. The number of methoxy groups -OCH3 is 1. The Morgan fingerprint density at radius 3 is 2.58 bits per heavy atom. The SMILES string of the molecule is COc1ccc(CN2CCC(NC(=O)N3CCC(C(=O)O)C3)C2=O)cc1. The molecule has 2 heterocycles. The highest BCUT2D eigenvalue weighted by Gasteiger charge is 2.36. The van der Waals surface area contributed by atoms with Crippen molar-refractivity contribution in [1.82, 2.24) is 15.1 Å². The van der Waals surface area contributed by atoms with Crippen molar-refractivity contribution in [2.24, 2.45) is 5.92 Å². The third-order valence-corrected chi connectivity index (χ3v) is 4.95. The van der Waals surface area contributed by atoms with E-state index in [0.29, 0.717) is 32.5 Å². The number of carboxylic acid groups (broad SMARTS) is 1. The van der Waals surface area contributed by atoms with Crippen LogP contribution in [0.3, 0.4) is 0 Å². The summed E-state index contributed by atoms with van der Waals surface area (Å²) in [4.78, 5) is 39.0. The summed E-state index contributed by atoms with van der Waals surface area (Å²) in [7, 11) is 1.60. The number of hydrogen-bond donors (Lipinski definition) is 2. The molecule has 1 aromatic carbocycles. The number of rotatable bonds is 5. The Kier molecular flexibility index (Phi) is 5.29. The number of hydrogen-bond acceptors (Lipinski definition) is 4. The van der Waals surface area contributed by atoms with Crippen molar-refractivity contribution in [3.8, 4) is 5.75 Å². The molecular weight excluding hydrogens is 338 g/mol. The predicted octanol–water partition coefficient (Wildman–Crippen LogP) is 0.912. The monoisotopic (exact) mass is 361 g/mol. The first kappa shape index (κ1) is 18.0. The van der Waals surface area contributed by atoms with Gasteiger partial charge in [0.2, 0.25) is 5.91 Å². The van der Waals surface area contributed by atoms with Gasteiger partial charge in [0.15, 0.2) is 0 Å². The largest absolute Gasteiger partial charge is 0.497 e. The zero-order valence-corrected chi connectivity index (χ0v) is 14.7. The molecule has 0 spiro atoms. The van der Waals surface area contributed by atoms with Gasteiger partial charge in [-0.15, -0.1) is 0 Å². The first-order valence-electron chi connectivity index (χ1n) is 8.68. The summed E-state index contributed by atoms with van der Waals surface area (Å²) in [5, 5.41) is 11.8. The van der Waals surface area contributed by atoms with E-state index in [9.17, 15) is 14.4 Å². The van der Waals surface area contributed by atoms with Crippen LogP contribution in [-0.4, -0.2) is 65.6 Å². The van der Waals surface area contributed by atoms with E-state index in [2.05, 4.69) is 5.32 Å². The maximum Gasteiger partial charge on any atom is 0.318 e. The van der Waals surface area contributed by atoms with Crippen molar-refractivity contribution in [2.75, 3.05) is 26.7 Å². The minimum atomic E-state index is -0.886. The third kappa shape index (κ3) is 3.89. The molecule has 3 rings (SSSR count). The maximum absolute atomic E-state index is 12.5. The molecule has 2 fully saturated rings. The van der Waals surface area contributed by atoms with E-state index in [0.717, 1.165) is 11.3 Å². The maximum atomic E-state index is 12.5. The lowest BCUT2D eigenvalue weighted by Gasteiger charge is -2.20. The first-order chi connectivity index (χ1) is 12.5. The van der Waals surface area contributed by atoms with E-state index in [1.54, 1.807) is 12.0 Å². The van der Waals surface area contributed by atoms with E-state index in [1.165, 1.54) is 4.90 Å². The third-order valence-electron chi connectivity index (χ3n) is 4.95. The minimum Gasteiger partial charge on any atom is -0.497 e. The zero-order chi connectivity index (χ0) is 18.7. The molecule has 2 saturated heterocycles. The molecule has 0 aliphatic carbocycles. The van der Waals surface area contributed by atoms with E-state index >= 15 is 0 Å². The summed E-state index contributed by atoms with van der Waals surface area (Å²) >= 11 is 0. The fourth-order valence-corrected chi connectivity index (χ4v) is 3.37. The first-order valence-corrected chi connectivity index (χ1v) is 8.68. The molecule has 2 aliphatic rings. The van der Waals surface area contributed by atoms with Crippen molar-refractivity contribution in [2.45, 2.75) is 25.4 Å². The van der Waals surface area contributed by atoms with Gasteiger partial charge in [0.25, 0.3) is 0 Å². The van der Waals surface area contributed by atoms with Gasteiger partial charge in [0.05, 0.1) is 13.0 Å². The van der Waals surface area contributed by atoms with Crippen LogP contribution in [-0.2, 0) is 16.1 Å². The van der Waals surface area contributed by atoms with Gasteiger partial charge < -0.3 is 25.0 Å². The Morgan fingerprint density at radius 2 is 1.96 bits per heavy atom. The number of nitrogens with one attached hydrogen (secondary N) is 1. The molecule has 2 aliphatic heterocycles. The Hall–Kier alpha value is -2.77. The molecule has 26 heavy (non-hydrogen) atoms. The van der Waals surface area contributed by atoms with Crippen molar-refractivity contribution in [1.29, 1.82) is 0 Å². The van der Waals surface area contributed by atoms with Gasteiger partial charge in [-0.25, -0.2) is 4.79 Å². The highest BCUT2D eigenvalue weighted by molar-refractivity contribution is 5.89. The Labute approximate surface area is 151 Å². The van der Waals surface area contributed by atoms with Crippen LogP contribution in [0.2, 0.25) is 0 Å². The number of amides is 3. The fraction of sp³-hybridized carbons (Fsp3) is 0.500. The molecule has 0 bridgehead atoms. The van der Waals surface area contributed by atoms with Crippen LogP contribution >= 0.6 is 0 Å². The zero-order valence-electron chi connectivity index (χ0n) is 14.7. The summed E-state index contributed by atoms with van der Waals surface area (Å²) in [6, 6.07) is 6.61. The fourth-order valence-electron chi connectivity index (χ4n) is 3.37. The lowest BCUT2D eigenvalue weighted by atomic mass is 10.1. The van der Waals surface area contributed by atoms with Gasteiger partial charge in [-0.1, -0.05) is 12.1 Å². The Balaban J connectivity index is 1.52. The van der Waals surface area contributed by atoms with Crippen LogP contribution in [0.25, 0.3) is 0 Å². The molecule has 140 valence electrons. The molecule has 8 nitrogen and oxygen atoms in total. The number of carbonyl (C=O) groups excluding carboxylic acids is 2. The second-order valence-electron chi connectivity index (χ2n) is 6.67. The van der Waals surface area contributed by atoms with Crippen LogP contribution in [0.5, 0.6) is 5.75 Å². The second-order valence-corrected chi connectivity index (χ2v) is 6.67. The van der Waals surface area contributed by atoms with Crippen LogP contribution < -0.4 is 10.1 Å². The van der Waals surface area contributed by atoms with Crippen molar-refractivity contribution in [3.63, 3.8) is 0 Å². The highest BCUT2D eigenvalue weighted by Crippen LogP contribution is 2.19. The van der Waals surface area contributed by atoms with Gasteiger partial charge >= 0.3 is 12.0 Å². The van der Waals surface area contributed by atoms with E-state index in [1.807, 2.05) is 24.3 Å². The standard InChI is InChI=1S/C18H23N3O5/c1-26-14-4-2-12(3-5-14)10-20-9-7-15(16(20)22)19-18(25)21-8-6-13(11-21)17(23)24/h2-5,13,15H,6-11H2,1H3,(H,19,25)(H,23,24). The quantitative estimate of drug-likeness (QED) is 0.812. The number of carbonyl (C=O) groups is 3. The van der Waals surface area contributed by atoms with Crippen LogP contribution in [0.15, 0.2) is 24.3 Å². The topological polar surface area (TPSA) is 99.2 Å². The number of likely N-dealkylation sites (tertiary alicyclic amines) is 2. The summed E-state index contributed by atoms with van der Waals surface area (Å²) in [5.41, 5.74) is 0.995. The number of benzene rings is 1. The molecule has 0 saturated carbocycles. The smallest absolute Gasteiger partial charge is 0.318 e. The minimum absolute atomic E-state index is 0.108. The van der Waals surface area contributed by atoms with E-state index in [-0.39, 0.29) is 18.5 Å². The van der Waals surface area contributed by atoms with Gasteiger partial charge in [-0.05, 0) is 30.5 Å². The molecule has 8 heteroatoms. The second kappa shape index (κ2) is 7.63. The van der Waals surface area contributed by atoms with Gasteiger partial charge in [0, 0.05) is 26.2 Å². The Morgan fingerprint density at radius 1 is 1.23 bits per heavy atom. The number of aliphatic carboxylic acids is 1. The number of ether oxygens (including phenoxy) is 1. The summed E-state index contributed by atoms with van der Waals surface area (Å²) in [6.45, 7) is 1.66. The average Bonchev–Trinajstić information content (AvgIpc) is 3.25. The van der Waals surface area contributed by atoms with Crippen molar-refractivity contribution < 1.29 is 24.2 Å². The van der Waals surface area contributed by atoms with Gasteiger partial charge in [-0.3, -0.25) is 9.59 Å². The molecular formula is C18H23N3O5. The molecule has 2 unspecified atom stereocenters. The van der Waals surface area contributed by atoms with Gasteiger partial charge in [-0.2, -0.15) is 0 Å². The van der Waals surface area contributed by atoms with Crippen LogP contribution in [0.4, 0.5) is 4.79 Å².